The summed E-state index contributed by atoms with van der Waals surface area (Å²) in [5, 5.41) is 0. The molecule has 15 heavy (non-hydrogen) atoms. The fourth-order valence-corrected chi connectivity index (χ4v) is 1.82. The molecule has 1 saturated heterocycles. The number of benzene rings is 1. The standard InChI is InChI=1S/C12H16FNO/c1-10-8-11(2-3-12(10)13)9-14-4-6-15-7-5-14/h2-3,8H,4-7,9H2,1H3. The van der Waals surface area contributed by atoms with E-state index in [1.165, 1.54) is 5.56 Å². The summed E-state index contributed by atoms with van der Waals surface area (Å²) in [6.45, 7) is 6.25. The second kappa shape index (κ2) is 4.73. The Hall–Kier alpha value is -0.930. The van der Waals surface area contributed by atoms with E-state index in [0.717, 1.165) is 38.4 Å². The van der Waals surface area contributed by atoms with Crippen LogP contribution in [0.1, 0.15) is 11.1 Å². The molecule has 1 fully saturated rings. The lowest BCUT2D eigenvalue weighted by Gasteiger charge is -2.26. The number of nitrogens with zero attached hydrogens (tertiary/aromatic N) is 1. The Bertz CT molecular complexity index is 334. The smallest absolute Gasteiger partial charge is 0.126 e. The third kappa shape index (κ3) is 2.76. The number of ether oxygens (including phenoxy) is 1. The van der Waals surface area contributed by atoms with E-state index in [4.69, 9.17) is 4.74 Å². The first-order chi connectivity index (χ1) is 7.25. The van der Waals surface area contributed by atoms with Crippen molar-refractivity contribution in [2.24, 2.45) is 0 Å². The lowest BCUT2D eigenvalue weighted by atomic mass is 10.1. The molecule has 0 saturated carbocycles. The van der Waals surface area contributed by atoms with Gasteiger partial charge in [-0.25, -0.2) is 4.39 Å². The lowest BCUT2D eigenvalue weighted by Crippen LogP contribution is -2.35. The van der Waals surface area contributed by atoms with Crippen molar-refractivity contribution >= 4 is 0 Å². The minimum absolute atomic E-state index is 0.124. The van der Waals surface area contributed by atoms with Crippen LogP contribution in [-0.2, 0) is 11.3 Å². The van der Waals surface area contributed by atoms with Crippen molar-refractivity contribution in [3.8, 4) is 0 Å². The van der Waals surface area contributed by atoms with Crippen LogP contribution in [-0.4, -0.2) is 31.2 Å². The van der Waals surface area contributed by atoms with Gasteiger partial charge in [-0.05, 0) is 24.1 Å². The van der Waals surface area contributed by atoms with Crippen molar-refractivity contribution in [2.75, 3.05) is 26.3 Å². The van der Waals surface area contributed by atoms with Gasteiger partial charge in [0.15, 0.2) is 0 Å². The van der Waals surface area contributed by atoms with E-state index in [0.29, 0.717) is 0 Å². The van der Waals surface area contributed by atoms with Gasteiger partial charge in [-0.3, -0.25) is 4.90 Å². The number of hydrogen-bond acceptors (Lipinski definition) is 2. The maximum Gasteiger partial charge on any atom is 0.126 e. The van der Waals surface area contributed by atoms with Gasteiger partial charge in [0.1, 0.15) is 5.82 Å². The molecule has 2 rings (SSSR count). The molecule has 0 atom stereocenters. The van der Waals surface area contributed by atoms with Gasteiger partial charge < -0.3 is 4.74 Å². The Morgan fingerprint density at radius 1 is 1.33 bits per heavy atom. The molecule has 3 heteroatoms. The van der Waals surface area contributed by atoms with Gasteiger partial charge in [0.25, 0.3) is 0 Å². The highest BCUT2D eigenvalue weighted by molar-refractivity contribution is 5.23. The number of hydrogen-bond donors (Lipinski definition) is 0. The summed E-state index contributed by atoms with van der Waals surface area (Å²) in [4.78, 5) is 2.33. The molecule has 1 aromatic rings. The molecular formula is C12H16FNO. The SMILES string of the molecule is Cc1cc(CN2CCOCC2)ccc1F. The molecule has 0 spiro atoms. The van der Waals surface area contributed by atoms with E-state index in [-0.39, 0.29) is 5.82 Å². The predicted molar refractivity (Wildman–Crippen MR) is 57.2 cm³/mol. The molecule has 0 bridgehead atoms. The van der Waals surface area contributed by atoms with E-state index in [9.17, 15) is 4.39 Å². The van der Waals surface area contributed by atoms with Gasteiger partial charge in [0.2, 0.25) is 0 Å². The van der Waals surface area contributed by atoms with Crippen LogP contribution in [0.15, 0.2) is 18.2 Å². The van der Waals surface area contributed by atoms with Gasteiger partial charge in [0.05, 0.1) is 13.2 Å². The molecule has 2 nitrogen and oxygen atoms in total. The fourth-order valence-electron chi connectivity index (χ4n) is 1.82. The van der Waals surface area contributed by atoms with Crippen molar-refractivity contribution < 1.29 is 9.13 Å². The van der Waals surface area contributed by atoms with E-state index in [1.54, 1.807) is 13.0 Å². The van der Waals surface area contributed by atoms with Crippen LogP contribution in [0.2, 0.25) is 0 Å². The van der Waals surface area contributed by atoms with E-state index in [1.807, 2.05) is 12.1 Å². The van der Waals surface area contributed by atoms with E-state index in [2.05, 4.69) is 4.90 Å². The Kier molecular flexibility index (Phi) is 3.34. The number of aryl methyl sites for hydroxylation is 1. The maximum absolute atomic E-state index is 13.0. The molecule has 1 aromatic carbocycles. The predicted octanol–water partition coefficient (Wildman–Crippen LogP) is 1.97. The van der Waals surface area contributed by atoms with Gasteiger partial charge in [0, 0.05) is 19.6 Å². The zero-order valence-corrected chi connectivity index (χ0v) is 9.00. The Balaban J connectivity index is 2.00. The molecule has 0 unspecified atom stereocenters. The topological polar surface area (TPSA) is 12.5 Å². The van der Waals surface area contributed by atoms with E-state index >= 15 is 0 Å². The zero-order valence-electron chi connectivity index (χ0n) is 9.00. The summed E-state index contributed by atoms with van der Waals surface area (Å²) in [5.74, 6) is -0.124. The normalized spacial score (nSPS) is 18.0. The van der Waals surface area contributed by atoms with Crippen LogP contribution in [0, 0.1) is 12.7 Å². The summed E-state index contributed by atoms with van der Waals surface area (Å²) in [6.07, 6.45) is 0. The second-order valence-corrected chi connectivity index (χ2v) is 3.97. The minimum atomic E-state index is -0.124. The Morgan fingerprint density at radius 3 is 2.73 bits per heavy atom. The summed E-state index contributed by atoms with van der Waals surface area (Å²) in [7, 11) is 0. The highest BCUT2D eigenvalue weighted by atomic mass is 19.1. The first kappa shape index (κ1) is 10.6. The van der Waals surface area contributed by atoms with Gasteiger partial charge in [-0.1, -0.05) is 12.1 Å². The summed E-state index contributed by atoms with van der Waals surface area (Å²) < 4.78 is 18.3. The highest BCUT2D eigenvalue weighted by Crippen LogP contribution is 2.12. The van der Waals surface area contributed by atoms with Crippen molar-refractivity contribution in [2.45, 2.75) is 13.5 Å². The van der Waals surface area contributed by atoms with Crippen molar-refractivity contribution in [3.05, 3.63) is 35.1 Å². The quantitative estimate of drug-likeness (QED) is 0.738. The average molecular weight is 209 g/mol. The Morgan fingerprint density at radius 2 is 2.07 bits per heavy atom. The molecule has 0 amide bonds. The van der Waals surface area contributed by atoms with Crippen LogP contribution in [0.25, 0.3) is 0 Å². The molecule has 1 aliphatic heterocycles. The molecule has 82 valence electrons. The number of halogens is 1. The van der Waals surface area contributed by atoms with Crippen molar-refractivity contribution in [1.29, 1.82) is 0 Å². The summed E-state index contributed by atoms with van der Waals surface area (Å²) in [5.41, 5.74) is 1.90. The maximum atomic E-state index is 13.0. The van der Waals surface area contributed by atoms with Gasteiger partial charge in [-0.15, -0.1) is 0 Å². The molecule has 0 aromatic heterocycles. The van der Waals surface area contributed by atoms with Crippen molar-refractivity contribution in [3.63, 3.8) is 0 Å². The first-order valence-electron chi connectivity index (χ1n) is 5.31. The third-order valence-electron chi connectivity index (χ3n) is 2.73. The first-order valence-corrected chi connectivity index (χ1v) is 5.31. The van der Waals surface area contributed by atoms with E-state index < -0.39 is 0 Å². The minimum Gasteiger partial charge on any atom is -0.379 e. The van der Waals surface area contributed by atoms with Crippen molar-refractivity contribution in [1.82, 2.24) is 4.90 Å². The molecular weight excluding hydrogens is 193 g/mol. The summed E-state index contributed by atoms with van der Waals surface area (Å²) in [6, 6.07) is 5.33. The fraction of sp³-hybridized carbons (Fsp3) is 0.500. The third-order valence-corrected chi connectivity index (χ3v) is 2.73. The highest BCUT2D eigenvalue weighted by Gasteiger charge is 2.10. The molecule has 0 N–H and O–H groups in total. The van der Waals surface area contributed by atoms with Crippen LogP contribution >= 0.6 is 0 Å². The van der Waals surface area contributed by atoms with Crippen LogP contribution in [0.5, 0.6) is 0 Å². The monoisotopic (exact) mass is 209 g/mol. The van der Waals surface area contributed by atoms with Gasteiger partial charge >= 0.3 is 0 Å². The van der Waals surface area contributed by atoms with Crippen LogP contribution < -0.4 is 0 Å². The molecule has 1 aliphatic rings. The number of rotatable bonds is 2. The Labute approximate surface area is 89.7 Å². The zero-order chi connectivity index (χ0) is 10.7. The molecule has 1 heterocycles. The molecule has 0 radical (unpaired) electrons. The van der Waals surface area contributed by atoms with Crippen LogP contribution in [0.3, 0.4) is 0 Å². The number of morpholine rings is 1. The average Bonchev–Trinajstić information content (AvgIpc) is 2.25. The largest absolute Gasteiger partial charge is 0.379 e. The summed E-state index contributed by atoms with van der Waals surface area (Å²) >= 11 is 0. The van der Waals surface area contributed by atoms with Crippen LogP contribution in [0.4, 0.5) is 4.39 Å². The second-order valence-electron chi connectivity index (χ2n) is 3.97. The lowest BCUT2D eigenvalue weighted by molar-refractivity contribution is 0.0342. The van der Waals surface area contributed by atoms with Gasteiger partial charge in [-0.2, -0.15) is 0 Å². The molecule has 0 aliphatic carbocycles.